The first-order valence-electron chi connectivity index (χ1n) is 3.76. The Morgan fingerprint density at radius 1 is 1.54 bits per heavy atom. The molecular formula is C8H8N4O. The van der Waals surface area contributed by atoms with Crippen molar-refractivity contribution in [2.45, 2.75) is 0 Å². The van der Waals surface area contributed by atoms with E-state index in [4.69, 9.17) is 5.73 Å². The quantitative estimate of drug-likeness (QED) is 0.668. The Hall–Kier alpha value is -1.91. The fraction of sp³-hybridized carbons (Fsp3) is 0.125. The lowest BCUT2D eigenvalue weighted by Gasteiger charge is -1.97. The van der Waals surface area contributed by atoms with Gasteiger partial charge in [0.1, 0.15) is 17.7 Å². The van der Waals surface area contributed by atoms with Crippen LogP contribution in [-0.4, -0.2) is 20.4 Å². The molecule has 0 bridgehead atoms. The van der Waals surface area contributed by atoms with Crippen LogP contribution in [0.5, 0.6) is 0 Å². The van der Waals surface area contributed by atoms with E-state index in [1.165, 1.54) is 6.33 Å². The third-order valence-corrected chi connectivity index (χ3v) is 1.90. The van der Waals surface area contributed by atoms with Crippen molar-refractivity contribution in [2.24, 2.45) is 12.8 Å². The third-order valence-electron chi connectivity index (χ3n) is 1.90. The Kier molecular flexibility index (Phi) is 1.51. The molecule has 0 aliphatic carbocycles. The number of primary amides is 1. The summed E-state index contributed by atoms with van der Waals surface area (Å²) in [6, 6.07) is 1.77. The second-order valence-electron chi connectivity index (χ2n) is 2.75. The van der Waals surface area contributed by atoms with E-state index in [1.54, 1.807) is 6.07 Å². The Bertz CT molecular complexity index is 474. The number of aryl methyl sites for hydroxylation is 1. The summed E-state index contributed by atoms with van der Waals surface area (Å²) < 4.78 is 1.81. The van der Waals surface area contributed by atoms with Crippen LogP contribution in [0.2, 0.25) is 0 Å². The molecule has 0 saturated carbocycles. The summed E-state index contributed by atoms with van der Waals surface area (Å²) in [6.45, 7) is 0. The van der Waals surface area contributed by atoms with Crippen LogP contribution in [0, 0.1) is 0 Å². The number of hydrogen-bond acceptors (Lipinski definition) is 3. The van der Waals surface area contributed by atoms with Crippen LogP contribution in [0.4, 0.5) is 0 Å². The number of carbonyl (C=O) groups excluding carboxylic acids is 1. The molecule has 1 amide bonds. The minimum Gasteiger partial charge on any atom is -0.364 e. The molecular weight excluding hydrogens is 168 g/mol. The van der Waals surface area contributed by atoms with Gasteiger partial charge >= 0.3 is 0 Å². The van der Waals surface area contributed by atoms with Gasteiger partial charge in [0, 0.05) is 13.2 Å². The van der Waals surface area contributed by atoms with Gasteiger partial charge in [-0.3, -0.25) is 4.79 Å². The van der Waals surface area contributed by atoms with Crippen LogP contribution < -0.4 is 5.73 Å². The van der Waals surface area contributed by atoms with Crippen LogP contribution in [0.3, 0.4) is 0 Å². The summed E-state index contributed by atoms with van der Waals surface area (Å²) in [5.74, 6) is -0.529. The zero-order valence-corrected chi connectivity index (χ0v) is 7.06. The van der Waals surface area contributed by atoms with Gasteiger partial charge in [-0.05, 0) is 6.07 Å². The van der Waals surface area contributed by atoms with Crippen molar-refractivity contribution in [3.05, 3.63) is 24.3 Å². The van der Waals surface area contributed by atoms with Crippen LogP contribution >= 0.6 is 0 Å². The molecule has 0 fully saturated rings. The molecule has 0 saturated heterocycles. The first kappa shape index (κ1) is 7.72. The number of rotatable bonds is 1. The van der Waals surface area contributed by atoms with E-state index in [2.05, 4.69) is 9.97 Å². The van der Waals surface area contributed by atoms with Crippen molar-refractivity contribution in [3.8, 4) is 0 Å². The molecule has 13 heavy (non-hydrogen) atoms. The minimum atomic E-state index is -0.529. The van der Waals surface area contributed by atoms with Gasteiger partial charge in [0.25, 0.3) is 5.91 Å². The lowest BCUT2D eigenvalue weighted by Crippen LogP contribution is -2.13. The average molecular weight is 176 g/mol. The van der Waals surface area contributed by atoms with E-state index in [9.17, 15) is 4.79 Å². The average Bonchev–Trinajstić information content (AvgIpc) is 2.48. The summed E-state index contributed by atoms with van der Waals surface area (Å²) in [4.78, 5) is 18.8. The van der Waals surface area contributed by atoms with Gasteiger partial charge in [0.2, 0.25) is 0 Å². The predicted octanol–water partition coefficient (Wildman–Crippen LogP) is 0.0672. The molecule has 0 atom stereocenters. The molecule has 0 radical (unpaired) electrons. The van der Waals surface area contributed by atoms with Gasteiger partial charge in [0.15, 0.2) is 0 Å². The van der Waals surface area contributed by atoms with E-state index in [1.807, 2.05) is 17.8 Å². The predicted molar refractivity (Wildman–Crippen MR) is 47.0 cm³/mol. The second kappa shape index (κ2) is 2.55. The lowest BCUT2D eigenvalue weighted by molar-refractivity contribution is 0.0997. The summed E-state index contributed by atoms with van der Waals surface area (Å²) in [7, 11) is 1.85. The van der Waals surface area contributed by atoms with Crippen molar-refractivity contribution in [1.82, 2.24) is 14.5 Å². The number of fused-ring (bicyclic) bond motifs is 1. The summed E-state index contributed by atoms with van der Waals surface area (Å²) in [5.41, 5.74) is 6.13. The first-order chi connectivity index (χ1) is 6.20. The number of nitrogens with zero attached hydrogens (tertiary/aromatic N) is 3. The van der Waals surface area contributed by atoms with Crippen molar-refractivity contribution in [2.75, 3.05) is 0 Å². The van der Waals surface area contributed by atoms with Gasteiger partial charge in [-0.1, -0.05) is 0 Å². The zero-order chi connectivity index (χ0) is 9.42. The van der Waals surface area contributed by atoms with E-state index in [0.29, 0.717) is 11.0 Å². The van der Waals surface area contributed by atoms with Crippen molar-refractivity contribution in [3.63, 3.8) is 0 Å². The molecule has 5 heteroatoms. The number of aromatic nitrogens is 3. The van der Waals surface area contributed by atoms with Crippen molar-refractivity contribution in [1.29, 1.82) is 0 Å². The lowest BCUT2D eigenvalue weighted by atomic mass is 10.3. The highest BCUT2D eigenvalue weighted by atomic mass is 16.1. The van der Waals surface area contributed by atoms with Crippen LogP contribution in [0.1, 0.15) is 10.5 Å². The first-order valence-corrected chi connectivity index (χ1v) is 3.76. The maximum Gasteiger partial charge on any atom is 0.268 e. The molecule has 2 heterocycles. The summed E-state index contributed by atoms with van der Waals surface area (Å²) in [5, 5.41) is 0.692. The minimum absolute atomic E-state index is 0.269. The summed E-state index contributed by atoms with van der Waals surface area (Å²) in [6.07, 6.45) is 3.15. The Labute approximate surface area is 74.2 Å². The molecule has 2 rings (SSSR count). The molecule has 2 N–H and O–H groups in total. The van der Waals surface area contributed by atoms with Crippen molar-refractivity contribution < 1.29 is 4.79 Å². The summed E-state index contributed by atoms with van der Waals surface area (Å²) >= 11 is 0. The maximum atomic E-state index is 10.9. The Balaban J connectivity index is 2.84. The molecule has 0 aromatic carbocycles. The molecule has 0 aliphatic heterocycles. The van der Waals surface area contributed by atoms with Gasteiger partial charge in [-0.2, -0.15) is 0 Å². The van der Waals surface area contributed by atoms with Crippen molar-refractivity contribution >= 4 is 16.9 Å². The van der Waals surface area contributed by atoms with Gasteiger partial charge in [0.05, 0.1) is 5.39 Å². The molecule has 2 aromatic rings. The maximum absolute atomic E-state index is 10.9. The number of nitrogens with two attached hydrogens (primary N) is 1. The van der Waals surface area contributed by atoms with E-state index < -0.39 is 5.91 Å². The molecule has 0 aliphatic rings. The van der Waals surface area contributed by atoms with Crippen LogP contribution in [0.15, 0.2) is 18.6 Å². The Morgan fingerprint density at radius 2 is 2.31 bits per heavy atom. The highest BCUT2D eigenvalue weighted by Crippen LogP contribution is 2.13. The number of amides is 1. The fourth-order valence-electron chi connectivity index (χ4n) is 1.27. The number of carbonyl (C=O) groups is 1. The van der Waals surface area contributed by atoms with E-state index in [0.717, 1.165) is 0 Å². The highest BCUT2D eigenvalue weighted by Gasteiger charge is 2.10. The monoisotopic (exact) mass is 176 g/mol. The fourth-order valence-corrected chi connectivity index (χ4v) is 1.27. The molecule has 0 unspecified atom stereocenters. The highest BCUT2D eigenvalue weighted by molar-refractivity contribution is 6.02. The standard InChI is InChI=1S/C8H8N4O/c1-12-3-2-5-6(7(9)13)10-4-11-8(5)12/h2-4H,1H3,(H2,9,13). The normalized spacial score (nSPS) is 10.5. The largest absolute Gasteiger partial charge is 0.364 e. The van der Waals surface area contributed by atoms with Crippen LogP contribution in [0.25, 0.3) is 11.0 Å². The smallest absolute Gasteiger partial charge is 0.268 e. The number of hydrogen-bond donors (Lipinski definition) is 1. The Morgan fingerprint density at radius 3 is 3.00 bits per heavy atom. The molecule has 5 nitrogen and oxygen atoms in total. The molecule has 2 aromatic heterocycles. The zero-order valence-electron chi connectivity index (χ0n) is 7.06. The second-order valence-corrected chi connectivity index (χ2v) is 2.75. The van der Waals surface area contributed by atoms with E-state index in [-0.39, 0.29) is 5.69 Å². The third kappa shape index (κ3) is 1.05. The molecule has 66 valence electrons. The van der Waals surface area contributed by atoms with Gasteiger partial charge in [-0.25, -0.2) is 9.97 Å². The molecule has 0 spiro atoms. The van der Waals surface area contributed by atoms with Gasteiger partial charge in [-0.15, -0.1) is 0 Å². The SMILES string of the molecule is Cn1ccc2c(C(N)=O)ncnc21. The van der Waals surface area contributed by atoms with Crippen LogP contribution in [-0.2, 0) is 7.05 Å². The van der Waals surface area contributed by atoms with E-state index >= 15 is 0 Å². The topological polar surface area (TPSA) is 73.8 Å². The van der Waals surface area contributed by atoms with Gasteiger partial charge < -0.3 is 10.3 Å².